The fourth-order valence-corrected chi connectivity index (χ4v) is 4.39. The molecule has 0 aliphatic carbocycles. The summed E-state index contributed by atoms with van der Waals surface area (Å²) < 4.78 is 44.2. The number of alkyl halides is 3. The molecule has 1 amide bonds. The van der Waals surface area contributed by atoms with E-state index in [1.165, 1.54) is 12.1 Å². The number of rotatable bonds is 6. The molecule has 4 N–H and O–H groups in total. The number of pyridine rings is 1. The van der Waals surface area contributed by atoms with Crippen LogP contribution in [0.3, 0.4) is 0 Å². The monoisotopic (exact) mass is 503 g/mol. The van der Waals surface area contributed by atoms with Crippen molar-refractivity contribution in [3.63, 3.8) is 0 Å². The molecular weight excluding hydrogens is 483 g/mol. The van der Waals surface area contributed by atoms with Crippen LogP contribution in [0.2, 0.25) is 0 Å². The van der Waals surface area contributed by atoms with Gasteiger partial charge in [0.05, 0.1) is 6.20 Å². The molecule has 1 aliphatic rings. The Hall–Kier alpha value is -3.71. The van der Waals surface area contributed by atoms with Gasteiger partial charge in [-0.15, -0.1) is 0 Å². The number of hydrogen-bond acceptors (Lipinski definition) is 8. The molecule has 1 aromatic carbocycles. The first kappa shape index (κ1) is 23.1. The first-order valence-corrected chi connectivity index (χ1v) is 11.6. The highest BCUT2D eigenvalue weighted by molar-refractivity contribution is 7.15. The number of nitrogens with one attached hydrogen (secondary N) is 4. The quantitative estimate of drug-likeness (QED) is 0.303. The summed E-state index contributed by atoms with van der Waals surface area (Å²) in [6, 6.07) is 8.20. The molecule has 0 spiro atoms. The van der Waals surface area contributed by atoms with Gasteiger partial charge in [0.2, 0.25) is 0 Å². The number of aromatic nitrogens is 4. The molecule has 13 heteroatoms. The molecule has 1 fully saturated rings. The zero-order valence-electron chi connectivity index (χ0n) is 18.1. The van der Waals surface area contributed by atoms with Crippen LogP contribution in [0.15, 0.2) is 42.7 Å². The topological polar surface area (TPSA) is 117 Å². The number of anilines is 2. The fraction of sp³-hybridized carbons (Fsp3) is 0.273. The van der Waals surface area contributed by atoms with Gasteiger partial charge in [-0.25, -0.2) is 9.97 Å². The van der Waals surface area contributed by atoms with Crippen molar-refractivity contribution in [3.8, 4) is 11.5 Å². The normalized spacial score (nSPS) is 16.3. The van der Waals surface area contributed by atoms with E-state index in [-0.39, 0.29) is 16.7 Å². The first-order chi connectivity index (χ1) is 16.9. The average molecular weight is 504 g/mol. The van der Waals surface area contributed by atoms with Gasteiger partial charge in [-0.05, 0) is 43.7 Å². The molecular formula is C22H20F3N7O2S. The van der Waals surface area contributed by atoms with Crippen molar-refractivity contribution in [3.05, 3.63) is 53.2 Å². The van der Waals surface area contributed by atoms with Gasteiger partial charge in [0.1, 0.15) is 21.8 Å². The highest BCUT2D eigenvalue weighted by Crippen LogP contribution is 2.36. The third-order valence-corrected chi connectivity index (χ3v) is 6.37. The lowest BCUT2D eigenvalue weighted by molar-refractivity contribution is -0.134. The predicted octanol–water partition coefficient (Wildman–Crippen LogP) is 4.64. The molecule has 9 nitrogen and oxygen atoms in total. The van der Waals surface area contributed by atoms with Crippen LogP contribution in [0.4, 0.5) is 24.1 Å². The van der Waals surface area contributed by atoms with E-state index in [4.69, 9.17) is 4.74 Å². The van der Waals surface area contributed by atoms with E-state index in [0.717, 1.165) is 25.9 Å². The second-order valence-electron chi connectivity index (χ2n) is 7.90. The molecule has 0 radical (unpaired) electrons. The van der Waals surface area contributed by atoms with E-state index in [1.807, 2.05) is 0 Å². The molecule has 4 heterocycles. The summed E-state index contributed by atoms with van der Waals surface area (Å²) >= 11 is 0.366. The Morgan fingerprint density at radius 2 is 2.00 bits per heavy atom. The number of piperidine rings is 1. The van der Waals surface area contributed by atoms with Gasteiger partial charge in [0.15, 0.2) is 16.6 Å². The van der Waals surface area contributed by atoms with Crippen LogP contribution in [0, 0.1) is 0 Å². The zero-order chi connectivity index (χ0) is 24.4. The van der Waals surface area contributed by atoms with Crippen LogP contribution in [0.5, 0.6) is 11.5 Å². The largest absolute Gasteiger partial charge is 0.456 e. The van der Waals surface area contributed by atoms with Crippen LogP contribution < -0.4 is 20.7 Å². The molecule has 1 aliphatic heterocycles. The lowest BCUT2D eigenvalue weighted by Gasteiger charge is -2.23. The number of H-pyrrole nitrogens is 1. The van der Waals surface area contributed by atoms with E-state index in [0.29, 0.717) is 45.9 Å². The summed E-state index contributed by atoms with van der Waals surface area (Å²) in [6.45, 7) is 1.84. The molecule has 3 aromatic heterocycles. The second kappa shape index (κ2) is 9.50. The van der Waals surface area contributed by atoms with Gasteiger partial charge in [-0.1, -0.05) is 11.3 Å². The Morgan fingerprint density at radius 1 is 1.17 bits per heavy atom. The van der Waals surface area contributed by atoms with Crippen LogP contribution in [-0.4, -0.2) is 45.2 Å². The number of carbonyl (C=O) groups excluding carboxylic acids is 1. The number of hydrogen-bond donors (Lipinski definition) is 4. The van der Waals surface area contributed by atoms with Crippen molar-refractivity contribution in [2.24, 2.45) is 0 Å². The number of nitrogens with zero attached hydrogens (tertiary/aromatic N) is 3. The first-order valence-electron chi connectivity index (χ1n) is 10.8. The van der Waals surface area contributed by atoms with Crippen LogP contribution >= 0.6 is 11.3 Å². The van der Waals surface area contributed by atoms with Gasteiger partial charge in [-0.2, -0.15) is 18.3 Å². The summed E-state index contributed by atoms with van der Waals surface area (Å²) in [7, 11) is 0. The minimum Gasteiger partial charge on any atom is -0.456 e. The highest BCUT2D eigenvalue weighted by Gasteiger charge is 2.33. The number of fused-ring (bicyclic) bond motifs is 1. The molecule has 4 aromatic rings. The van der Waals surface area contributed by atoms with Crippen LogP contribution in [0.1, 0.15) is 28.1 Å². The number of benzene rings is 1. The van der Waals surface area contributed by atoms with Crippen molar-refractivity contribution in [2.45, 2.75) is 25.1 Å². The number of amides is 1. The van der Waals surface area contributed by atoms with Crippen molar-refractivity contribution >= 4 is 39.2 Å². The predicted molar refractivity (Wildman–Crippen MR) is 125 cm³/mol. The van der Waals surface area contributed by atoms with Crippen LogP contribution in [-0.2, 0) is 6.18 Å². The van der Waals surface area contributed by atoms with Gasteiger partial charge >= 0.3 is 6.18 Å². The number of aromatic amines is 1. The van der Waals surface area contributed by atoms with Crippen LogP contribution in [0.25, 0.3) is 11.0 Å². The van der Waals surface area contributed by atoms with Crippen molar-refractivity contribution < 1.29 is 22.7 Å². The van der Waals surface area contributed by atoms with E-state index < -0.39 is 17.0 Å². The second-order valence-corrected chi connectivity index (χ2v) is 8.93. The van der Waals surface area contributed by atoms with E-state index in [1.54, 1.807) is 24.4 Å². The standard InChI is InChI=1S/C22H20F3N7O2S/c23-22(24,25)16-11-28-21(35-16)30-20(33)12-3-5-14(6-4-12)34-15-7-9-27-18-17(15)19(32-31-18)29-13-2-1-8-26-10-13/h3-7,9,11,13,26H,1-2,8,10H2,(H,28,30,33)(H2,27,29,31,32)/t13-/m1/s1. The molecule has 1 atom stereocenters. The molecule has 5 rings (SSSR count). The van der Waals surface area contributed by atoms with E-state index >= 15 is 0 Å². The van der Waals surface area contributed by atoms with Gasteiger partial charge < -0.3 is 15.4 Å². The molecule has 0 bridgehead atoms. The number of thiazole rings is 1. The summed E-state index contributed by atoms with van der Waals surface area (Å²) in [5.74, 6) is 1.08. The summed E-state index contributed by atoms with van der Waals surface area (Å²) in [6.07, 6.45) is -0.105. The maximum absolute atomic E-state index is 12.7. The fourth-order valence-electron chi connectivity index (χ4n) is 3.71. The number of carbonyl (C=O) groups is 1. The molecule has 1 saturated heterocycles. The molecule has 182 valence electrons. The number of ether oxygens (including phenoxy) is 1. The summed E-state index contributed by atoms with van der Waals surface area (Å²) in [5, 5.41) is 17.0. The maximum atomic E-state index is 12.7. The number of halogens is 3. The minimum absolute atomic E-state index is 0.130. The van der Waals surface area contributed by atoms with E-state index in [9.17, 15) is 18.0 Å². The average Bonchev–Trinajstić information content (AvgIpc) is 3.48. The third-order valence-electron chi connectivity index (χ3n) is 5.41. The molecule has 0 unspecified atom stereocenters. The summed E-state index contributed by atoms with van der Waals surface area (Å²) in [4.78, 5) is 19.5. The van der Waals surface area contributed by atoms with Gasteiger partial charge in [-0.3, -0.25) is 15.2 Å². The Bertz CT molecular complexity index is 1330. The van der Waals surface area contributed by atoms with Crippen molar-refractivity contribution in [2.75, 3.05) is 23.7 Å². The van der Waals surface area contributed by atoms with Gasteiger partial charge in [0.25, 0.3) is 5.91 Å². The Balaban J connectivity index is 1.29. The summed E-state index contributed by atoms with van der Waals surface area (Å²) in [5.41, 5.74) is 0.822. The smallest absolute Gasteiger partial charge is 0.427 e. The zero-order valence-corrected chi connectivity index (χ0v) is 19.0. The van der Waals surface area contributed by atoms with Crippen molar-refractivity contribution in [1.29, 1.82) is 0 Å². The van der Waals surface area contributed by atoms with Crippen molar-refractivity contribution in [1.82, 2.24) is 25.5 Å². The van der Waals surface area contributed by atoms with Gasteiger partial charge in [0, 0.05) is 30.4 Å². The highest BCUT2D eigenvalue weighted by atomic mass is 32.1. The SMILES string of the molecule is O=C(Nc1ncc(C(F)(F)F)s1)c1ccc(Oc2ccnc3[nH]nc(N[C@@H]4CCCNC4)c23)cc1. The Morgan fingerprint density at radius 3 is 2.71 bits per heavy atom. The lowest BCUT2D eigenvalue weighted by atomic mass is 10.1. The van der Waals surface area contributed by atoms with E-state index in [2.05, 4.69) is 36.1 Å². The lowest BCUT2D eigenvalue weighted by Crippen LogP contribution is -2.38. The third kappa shape index (κ3) is 5.20. The molecule has 35 heavy (non-hydrogen) atoms. The minimum atomic E-state index is -4.50. The Labute approximate surface area is 201 Å². The Kier molecular flexibility index (Phi) is 6.26. The maximum Gasteiger partial charge on any atom is 0.427 e. The molecule has 0 saturated carbocycles.